The molecule has 1 amide bonds. The van der Waals surface area contributed by atoms with Crippen molar-refractivity contribution in [2.24, 2.45) is 5.92 Å². The quantitative estimate of drug-likeness (QED) is 0.883. The van der Waals surface area contributed by atoms with E-state index in [2.05, 4.69) is 33.5 Å². The summed E-state index contributed by atoms with van der Waals surface area (Å²) in [7, 11) is 0. The molecule has 0 radical (unpaired) electrons. The molecule has 0 aromatic heterocycles. The Morgan fingerprint density at radius 1 is 1.55 bits per heavy atom. The van der Waals surface area contributed by atoms with Gasteiger partial charge in [-0.25, -0.2) is 0 Å². The number of benzene rings is 1. The van der Waals surface area contributed by atoms with Crippen molar-refractivity contribution in [2.45, 2.75) is 45.2 Å². The van der Waals surface area contributed by atoms with Crippen LogP contribution in [0.1, 0.15) is 44.7 Å². The van der Waals surface area contributed by atoms with Crippen molar-refractivity contribution in [2.75, 3.05) is 6.54 Å². The predicted molar refractivity (Wildman–Crippen MR) is 85.5 cm³/mol. The van der Waals surface area contributed by atoms with Crippen LogP contribution in [0.4, 0.5) is 0 Å². The summed E-state index contributed by atoms with van der Waals surface area (Å²) in [5.74, 6) is 0.795. The molecule has 4 heteroatoms. The molecule has 1 fully saturated rings. The number of amides is 1. The summed E-state index contributed by atoms with van der Waals surface area (Å²) < 4.78 is 1.04. The number of rotatable bonds is 4. The summed E-state index contributed by atoms with van der Waals surface area (Å²) in [6.45, 7) is 5.18. The molecule has 1 aliphatic rings. The number of piperidine rings is 1. The third-order valence-corrected chi connectivity index (χ3v) is 4.61. The fourth-order valence-corrected chi connectivity index (χ4v) is 3.16. The molecule has 1 aliphatic heterocycles. The lowest BCUT2D eigenvalue weighted by Crippen LogP contribution is -2.49. The third-order valence-electron chi connectivity index (χ3n) is 4.11. The van der Waals surface area contributed by atoms with Crippen molar-refractivity contribution in [3.05, 3.63) is 34.3 Å². The zero-order chi connectivity index (χ0) is 14.5. The smallest absolute Gasteiger partial charge is 0.237 e. The molecule has 1 saturated heterocycles. The molecule has 2 rings (SSSR count). The summed E-state index contributed by atoms with van der Waals surface area (Å²) >= 11 is 3.47. The molecule has 0 spiro atoms. The van der Waals surface area contributed by atoms with Crippen LogP contribution in [-0.4, -0.2) is 18.5 Å². The number of hydrogen-bond donors (Lipinski definition) is 2. The minimum absolute atomic E-state index is 0.0313. The summed E-state index contributed by atoms with van der Waals surface area (Å²) in [4.78, 5) is 12.3. The van der Waals surface area contributed by atoms with Gasteiger partial charge in [-0.2, -0.15) is 0 Å². The largest absolute Gasteiger partial charge is 0.348 e. The molecule has 1 aromatic carbocycles. The molecular weight excluding hydrogens is 316 g/mol. The van der Waals surface area contributed by atoms with Gasteiger partial charge in [0.15, 0.2) is 0 Å². The Hall–Kier alpha value is -0.870. The highest BCUT2D eigenvalue weighted by Crippen LogP contribution is 2.21. The van der Waals surface area contributed by atoms with E-state index in [1.807, 2.05) is 31.2 Å². The van der Waals surface area contributed by atoms with E-state index in [1.54, 1.807) is 0 Å². The molecular formula is C16H23BrN2O. The van der Waals surface area contributed by atoms with Crippen LogP contribution in [0.25, 0.3) is 0 Å². The summed E-state index contributed by atoms with van der Waals surface area (Å²) in [6.07, 6.45) is 3.29. The molecule has 0 bridgehead atoms. The number of nitrogens with one attached hydrogen (secondary N) is 2. The standard InChI is InChI=1S/C16H23BrN2O/c1-3-12-7-8-18-15(9-12)16(20)19-11(2)13-5-4-6-14(17)10-13/h4-6,10-12,15,18H,3,7-9H2,1-2H3,(H,19,20)/t11-,12?,15?/m0/s1. The lowest BCUT2D eigenvalue weighted by Gasteiger charge is -2.29. The molecule has 3 nitrogen and oxygen atoms in total. The second-order valence-corrected chi connectivity index (χ2v) is 6.51. The first kappa shape index (κ1) is 15.5. The van der Waals surface area contributed by atoms with Crippen LogP contribution in [0.2, 0.25) is 0 Å². The van der Waals surface area contributed by atoms with Crippen LogP contribution in [-0.2, 0) is 4.79 Å². The Balaban J connectivity index is 1.93. The average Bonchev–Trinajstić information content (AvgIpc) is 2.47. The molecule has 0 saturated carbocycles. The lowest BCUT2D eigenvalue weighted by atomic mass is 9.90. The van der Waals surface area contributed by atoms with E-state index in [0.29, 0.717) is 5.92 Å². The Labute approximate surface area is 129 Å². The van der Waals surface area contributed by atoms with Crippen molar-refractivity contribution >= 4 is 21.8 Å². The number of hydrogen-bond acceptors (Lipinski definition) is 2. The fraction of sp³-hybridized carbons (Fsp3) is 0.562. The second-order valence-electron chi connectivity index (χ2n) is 5.59. The maximum absolute atomic E-state index is 12.3. The van der Waals surface area contributed by atoms with Crippen LogP contribution in [0.15, 0.2) is 28.7 Å². The van der Waals surface area contributed by atoms with Gasteiger partial charge < -0.3 is 10.6 Å². The Bertz CT molecular complexity index is 464. The highest BCUT2D eigenvalue weighted by molar-refractivity contribution is 9.10. The van der Waals surface area contributed by atoms with Gasteiger partial charge in [0.25, 0.3) is 0 Å². The minimum Gasteiger partial charge on any atom is -0.348 e. The zero-order valence-electron chi connectivity index (χ0n) is 12.2. The number of halogens is 1. The van der Waals surface area contributed by atoms with Gasteiger partial charge >= 0.3 is 0 Å². The first-order chi connectivity index (χ1) is 9.60. The van der Waals surface area contributed by atoms with E-state index in [9.17, 15) is 4.79 Å². The van der Waals surface area contributed by atoms with Gasteiger partial charge in [-0.15, -0.1) is 0 Å². The highest BCUT2D eigenvalue weighted by atomic mass is 79.9. The molecule has 2 N–H and O–H groups in total. The van der Waals surface area contributed by atoms with Gasteiger partial charge in [0.1, 0.15) is 0 Å². The van der Waals surface area contributed by atoms with E-state index < -0.39 is 0 Å². The van der Waals surface area contributed by atoms with Crippen molar-refractivity contribution < 1.29 is 4.79 Å². The normalized spacial score (nSPS) is 24.1. The average molecular weight is 339 g/mol. The first-order valence-electron chi connectivity index (χ1n) is 7.39. The van der Waals surface area contributed by atoms with E-state index >= 15 is 0 Å². The summed E-state index contributed by atoms with van der Waals surface area (Å²) in [6, 6.07) is 8.07. The van der Waals surface area contributed by atoms with Crippen LogP contribution in [0.3, 0.4) is 0 Å². The molecule has 1 aromatic rings. The number of carbonyl (C=O) groups is 1. The van der Waals surface area contributed by atoms with Crippen LogP contribution in [0.5, 0.6) is 0 Å². The van der Waals surface area contributed by atoms with Gasteiger partial charge in [-0.3, -0.25) is 4.79 Å². The highest BCUT2D eigenvalue weighted by Gasteiger charge is 2.26. The summed E-state index contributed by atoms with van der Waals surface area (Å²) in [5, 5.41) is 6.45. The SMILES string of the molecule is CCC1CCNC(C(=O)N[C@@H](C)c2cccc(Br)c2)C1. The van der Waals surface area contributed by atoms with Crippen molar-refractivity contribution in [3.8, 4) is 0 Å². The maximum atomic E-state index is 12.3. The fourth-order valence-electron chi connectivity index (χ4n) is 2.74. The van der Waals surface area contributed by atoms with Crippen molar-refractivity contribution in [1.29, 1.82) is 0 Å². The van der Waals surface area contributed by atoms with Crippen molar-refractivity contribution in [1.82, 2.24) is 10.6 Å². The van der Waals surface area contributed by atoms with Crippen LogP contribution >= 0.6 is 15.9 Å². The van der Waals surface area contributed by atoms with Crippen LogP contribution < -0.4 is 10.6 Å². The Kier molecular flexibility index (Phi) is 5.61. The van der Waals surface area contributed by atoms with Gasteiger partial charge in [0.05, 0.1) is 12.1 Å². The minimum atomic E-state index is -0.0386. The van der Waals surface area contributed by atoms with Crippen LogP contribution in [0, 0.1) is 5.92 Å². The van der Waals surface area contributed by atoms with Gasteiger partial charge in [-0.05, 0) is 49.9 Å². The molecule has 20 heavy (non-hydrogen) atoms. The van der Waals surface area contributed by atoms with E-state index in [-0.39, 0.29) is 18.0 Å². The molecule has 1 heterocycles. The summed E-state index contributed by atoms with van der Waals surface area (Å²) in [5.41, 5.74) is 1.12. The molecule has 110 valence electrons. The van der Waals surface area contributed by atoms with Gasteiger partial charge in [0, 0.05) is 4.47 Å². The number of carbonyl (C=O) groups excluding carboxylic acids is 1. The zero-order valence-corrected chi connectivity index (χ0v) is 13.7. The topological polar surface area (TPSA) is 41.1 Å². The predicted octanol–water partition coefficient (Wildman–Crippen LogP) is 3.40. The first-order valence-corrected chi connectivity index (χ1v) is 8.18. The van der Waals surface area contributed by atoms with E-state index in [0.717, 1.165) is 29.4 Å². The molecule has 3 atom stereocenters. The molecule has 0 aliphatic carbocycles. The third kappa shape index (κ3) is 4.06. The Morgan fingerprint density at radius 2 is 2.35 bits per heavy atom. The maximum Gasteiger partial charge on any atom is 0.237 e. The second kappa shape index (κ2) is 7.23. The Morgan fingerprint density at radius 3 is 3.05 bits per heavy atom. The van der Waals surface area contributed by atoms with Gasteiger partial charge in [0.2, 0.25) is 5.91 Å². The monoisotopic (exact) mass is 338 g/mol. The molecule has 2 unspecified atom stereocenters. The van der Waals surface area contributed by atoms with Crippen molar-refractivity contribution in [3.63, 3.8) is 0 Å². The van der Waals surface area contributed by atoms with E-state index in [1.165, 1.54) is 6.42 Å². The lowest BCUT2D eigenvalue weighted by molar-refractivity contribution is -0.124. The van der Waals surface area contributed by atoms with Gasteiger partial charge in [-0.1, -0.05) is 41.4 Å². The van der Waals surface area contributed by atoms with E-state index in [4.69, 9.17) is 0 Å².